The van der Waals surface area contributed by atoms with Crippen LogP contribution in [-0.4, -0.2) is 52.5 Å². The monoisotopic (exact) mass is 438 g/mol. The summed E-state index contributed by atoms with van der Waals surface area (Å²) in [7, 11) is 0. The SMILES string of the molecule is CC1CC[C@@H](C(=O)N2CCC(c3noc(C4CCC(F)(F)CC4)n3)(C(C)C)CC2)NC1. The van der Waals surface area contributed by atoms with Crippen molar-refractivity contribution in [2.75, 3.05) is 19.6 Å². The first-order valence-corrected chi connectivity index (χ1v) is 11.9. The summed E-state index contributed by atoms with van der Waals surface area (Å²) < 4.78 is 32.6. The lowest BCUT2D eigenvalue weighted by Crippen LogP contribution is -2.54. The van der Waals surface area contributed by atoms with E-state index < -0.39 is 5.92 Å². The second-order valence-electron chi connectivity index (χ2n) is 10.4. The average Bonchev–Trinajstić information content (AvgIpc) is 3.24. The van der Waals surface area contributed by atoms with Crippen LogP contribution in [0.1, 0.15) is 89.8 Å². The Kier molecular flexibility index (Phi) is 6.39. The second kappa shape index (κ2) is 8.75. The number of nitrogens with zero attached hydrogens (tertiary/aromatic N) is 3. The first-order chi connectivity index (χ1) is 14.7. The maximum atomic E-state index is 13.5. The van der Waals surface area contributed by atoms with Gasteiger partial charge in [-0.15, -0.1) is 0 Å². The van der Waals surface area contributed by atoms with Crippen molar-refractivity contribution in [1.29, 1.82) is 0 Å². The molecule has 31 heavy (non-hydrogen) atoms. The number of halogens is 2. The summed E-state index contributed by atoms with van der Waals surface area (Å²) in [5.41, 5.74) is -0.244. The van der Waals surface area contributed by atoms with Gasteiger partial charge in [0.15, 0.2) is 5.82 Å². The molecule has 2 aliphatic heterocycles. The molecule has 1 aliphatic carbocycles. The molecule has 1 unspecified atom stereocenters. The quantitative estimate of drug-likeness (QED) is 0.760. The molecule has 0 radical (unpaired) electrons. The van der Waals surface area contributed by atoms with Gasteiger partial charge in [0.1, 0.15) is 0 Å². The minimum absolute atomic E-state index is 0.0658. The Hall–Kier alpha value is -1.57. The molecule has 3 heterocycles. The number of nitrogens with one attached hydrogen (secondary N) is 1. The molecule has 3 fully saturated rings. The van der Waals surface area contributed by atoms with Crippen LogP contribution in [0, 0.1) is 11.8 Å². The van der Waals surface area contributed by atoms with Crippen LogP contribution in [0.5, 0.6) is 0 Å². The highest BCUT2D eigenvalue weighted by atomic mass is 19.3. The van der Waals surface area contributed by atoms with E-state index in [1.807, 2.05) is 4.90 Å². The zero-order chi connectivity index (χ0) is 22.2. The molecule has 8 heteroatoms. The smallest absolute Gasteiger partial charge is 0.248 e. The van der Waals surface area contributed by atoms with Gasteiger partial charge in [-0.1, -0.05) is 25.9 Å². The number of likely N-dealkylation sites (tertiary alicyclic amines) is 1. The van der Waals surface area contributed by atoms with Crippen molar-refractivity contribution < 1.29 is 18.1 Å². The van der Waals surface area contributed by atoms with E-state index in [4.69, 9.17) is 9.51 Å². The molecular formula is C23H36F2N4O2. The largest absolute Gasteiger partial charge is 0.341 e. The van der Waals surface area contributed by atoms with Crippen molar-refractivity contribution in [3.05, 3.63) is 11.7 Å². The number of hydrogen-bond donors (Lipinski definition) is 1. The van der Waals surface area contributed by atoms with Crippen LogP contribution in [0.3, 0.4) is 0 Å². The van der Waals surface area contributed by atoms with Gasteiger partial charge in [0, 0.05) is 37.3 Å². The number of amides is 1. The zero-order valence-electron chi connectivity index (χ0n) is 19.0. The van der Waals surface area contributed by atoms with Crippen LogP contribution in [0.25, 0.3) is 0 Å². The minimum atomic E-state index is -2.57. The second-order valence-corrected chi connectivity index (χ2v) is 10.4. The van der Waals surface area contributed by atoms with E-state index in [0.29, 0.717) is 49.5 Å². The highest BCUT2D eigenvalue weighted by Crippen LogP contribution is 2.43. The van der Waals surface area contributed by atoms with Gasteiger partial charge in [-0.3, -0.25) is 4.79 Å². The standard InChI is InChI=1S/C23H36F2N4O2/c1-15(2)22(21-27-19(31-28-21)17-6-8-23(24,25)9-7-17)10-12-29(13-11-22)20(30)18-5-4-16(3)14-26-18/h15-18,26H,4-14H2,1-3H3/t16?,18-/m0/s1. The lowest BCUT2D eigenvalue weighted by Gasteiger charge is -2.43. The van der Waals surface area contributed by atoms with E-state index >= 15 is 0 Å². The number of carbonyl (C=O) groups is 1. The molecular weight excluding hydrogens is 402 g/mol. The third kappa shape index (κ3) is 4.64. The summed E-state index contributed by atoms with van der Waals surface area (Å²) in [6, 6.07) is -0.0658. The molecule has 0 aromatic carbocycles. The molecule has 174 valence electrons. The normalized spacial score (nSPS) is 29.3. The Balaban J connectivity index is 1.42. The fourth-order valence-electron chi connectivity index (χ4n) is 5.51. The Morgan fingerprint density at radius 1 is 1.13 bits per heavy atom. The van der Waals surface area contributed by atoms with Crippen molar-refractivity contribution in [2.45, 2.75) is 95.4 Å². The van der Waals surface area contributed by atoms with Gasteiger partial charge in [-0.2, -0.15) is 4.98 Å². The third-order valence-corrected chi connectivity index (χ3v) is 7.98. The summed E-state index contributed by atoms with van der Waals surface area (Å²) in [5.74, 6) is -0.325. The predicted octanol–water partition coefficient (Wildman–Crippen LogP) is 4.27. The number of aromatic nitrogens is 2. The Morgan fingerprint density at radius 3 is 2.39 bits per heavy atom. The number of hydrogen-bond acceptors (Lipinski definition) is 5. The van der Waals surface area contributed by atoms with E-state index in [-0.39, 0.29) is 36.1 Å². The van der Waals surface area contributed by atoms with E-state index in [1.165, 1.54) is 0 Å². The predicted molar refractivity (Wildman–Crippen MR) is 113 cm³/mol. The Labute approximate surface area is 183 Å². The first kappa shape index (κ1) is 22.6. The van der Waals surface area contributed by atoms with Gasteiger partial charge in [-0.05, 0) is 56.9 Å². The highest BCUT2D eigenvalue weighted by Gasteiger charge is 2.45. The van der Waals surface area contributed by atoms with Gasteiger partial charge in [-0.25, -0.2) is 8.78 Å². The van der Waals surface area contributed by atoms with Crippen molar-refractivity contribution in [3.8, 4) is 0 Å². The molecule has 2 atom stereocenters. The third-order valence-electron chi connectivity index (χ3n) is 7.98. The number of alkyl halides is 2. The van der Waals surface area contributed by atoms with Crippen LogP contribution < -0.4 is 5.32 Å². The van der Waals surface area contributed by atoms with Crippen LogP contribution in [0.15, 0.2) is 4.52 Å². The summed E-state index contributed by atoms with van der Waals surface area (Å²) in [6.07, 6.45) is 4.12. The number of carbonyl (C=O) groups excluding carboxylic acids is 1. The van der Waals surface area contributed by atoms with E-state index in [9.17, 15) is 13.6 Å². The van der Waals surface area contributed by atoms with Crippen molar-refractivity contribution in [2.24, 2.45) is 11.8 Å². The zero-order valence-corrected chi connectivity index (χ0v) is 19.0. The number of piperidine rings is 2. The molecule has 3 aliphatic rings. The van der Waals surface area contributed by atoms with Crippen molar-refractivity contribution in [3.63, 3.8) is 0 Å². The lowest BCUT2D eigenvalue weighted by atomic mass is 9.69. The first-order valence-electron chi connectivity index (χ1n) is 11.9. The van der Waals surface area contributed by atoms with E-state index in [1.54, 1.807) is 0 Å². The van der Waals surface area contributed by atoms with Gasteiger partial charge >= 0.3 is 0 Å². The topological polar surface area (TPSA) is 71.3 Å². The molecule has 1 amide bonds. The summed E-state index contributed by atoms with van der Waals surface area (Å²) in [5, 5.41) is 7.73. The summed E-state index contributed by atoms with van der Waals surface area (Å²) in [4.78, 5) is 19.7. The Bertz CT molecular complexity index is 755. The summed E-state index contributed by atoms with van der Waals surface area (Å²) in [6.45, 7) is 8.81. The maximum Gasteiger partial charge on any atom is 0.248 e. The Morgan fingerprint density at radius 2 is 1.81 bits per heavy atom. The minimum Gasteiger partial charge on any atom is -0.341 e. The van der Waals surface area contributed by atoms with E-state index in [0.717, 1.165) is 32.2 Å². The van der Waals surface area contributed by atoms with Gasteiger partial charge in [0.25, 0.3) is 0 Å². The molecule has 1 N–H and O–H groups in total. The van der Waals surface area contributed by atoms with Gasteiger partial charge in [0.2, 0.25) is 17.7 Å². The molecule has 1 saturated carbocycles. The van der Waals surface area contributed by atoms with E-state index in [2.05, 4.69) is 31.2 Å². The molecule has 0 spiro atoms. The highest BCUT2D eigenvalue weighted by molar-refractivity contribution is 5.82. The molecule has 1 aromatic rings. The lowest BCUT2D eigenvalue weighted by molar-refractivity contribution is -0.136. The molecule has 0 bridgehead atoms. The van der Waals surface area contributed by atoms with Gasteiger partial charge < -0.3 is 14.7 Å². The van der Waals surface area contributed by atoms with Crippen molar-refractivity contribution >= 4 is 5.91 Å². The van der Waals surface area contributed by atoms with Crippen LogP contribution >= 0.6 is 0 Å². The fraction of sp³-hybridized carbons (Fsp3) is 0.870. The number of rotatable bonds is 4. The van der Waals surface area contributed by atoms with Gasteiger partial charge in [0.05, 0.1) is 6.04 Å². The fourth-order valence-corrected chi connectivity index (χ4v) is 5.51. The molecule has 6 nitrogen and oxygen atoms in total. The average molecular weight is 439 g/mol. The molecule has 1 aromatic heterocycles. The van der Waals surface area contributed by atoms with Crippen LogP contribution in [0.2, 0.25) is 0 Å². The van der Waals surface area contributed by atoms with Crippen LogP contribution in [-0.2, 0) is 10.2 Å². The maximum absolute atomic E-state index is 13.5. The molecule has 4 rings (SSSR count). The van der Waals surface area contributed by atoms with Crippen molar-refractivity contribution in [1.82, 2.24) is 20.4 Å². The van der Waals surface area contributed by atoms with Crippen LogP contribution in [0.4, 0.5) is 8.78 Å². The summed E-state index contributed by atoms with van der Waals surface area (Å²) >= 11 is 0. The molecule has 2 saturated heterocycles.